The van der Waals surface area contributed by atoms with E-state index in [0.29, 0.717) is 12.1 Å². The molecule has 0 bridgehead atoms. The summed E-state index contributed by atoms with van der Waals surface area (Å²) in [5.74, 6) is -0.230. The number of rotatable bonds is 7. The van der Waals surface area contributed by atoms with E-state index in [4.69, 9.17) is 4.94 Å². The zero-order valence-electron chi connectivity index (χ0n) is 12.9. The maximum Gasteiger partial charge on any atom is 0.225 e. The van der Waals surface area contributed by atoms with Gasteiger partial charge < -0.3 is 5.32 Å². The minimum Gasteiger partial charge on any atom is -0.306 e. The number of hydrogen-bond donors (Lipinski definition) is 2. The number of hydrogen-bond acceptors (Lipinski definition) is 7. The molecule has 0 radical (unpaired) electrons. The minimum absolute atomic E-state index is 0.150. The second kappa shape index (κ2) is 8.39. The Labute approximate surface area is 145 Å². The maximum atomic E-state index is 13.1. The Hall–Kier alpha value is -2.49. The van der Waals surface area contributed by atoms with E-state index in [2.05, 4.69) is 46.8 Å². The Balaban J connectivity index is 1.89. The highest BCUT2D eigenvalue weighted by Gasteiger charge is 2.12. The number of oxime groups is 1. The Morgan fingerprint density at radius 2 is 2.29 bits per heavy atom. The molecule has 1 aromatic heterocycles. The highest BCUT2D eigenvalue weighted by Crippen LogP contribution is 2.19. The molecule has 0 aliphatic heterocycles. The molecule has 2 N–H and O–H groups in total. The van der Waals surface area contributed by atoms with Gasteiger partial charge in [0.2, 0.25) is 11.7 Å². The first kappa shape index (κ1) is 17.9. The number of anilines is 2. The molecule has 1 heterocycles. The van der Waals surface area contributed by atoms with Crippen LogP contribution in [0, 0.1) is 11.7 Å². The van der Waals surface area contributed by atoms with E-state index in [1.165, 1.54) is 24.4 Å². The molecule has 128 valence electrons. The molecule has 0 saturated heterocycles. The molecule has 8 nitrogen and oxygen atoms in total. The second-order valence-electron chi connectivity index (χ2n) is 5.20. The van der Waals surface area contributed by atoms with Crippen molar-refractivity contribution in [3.8, 4) is 0 Å². The molecule has 0 aliphatic carbocycles. The molecule has 1 amide bonds. The molecule has 0 spiro atoms. The lowest BCUT2D eigenvalue weighted by Gasteiger charge is -2.04. The fourth-order valence-electron chi connectivity index (χ4n) is 1.64. The maximum absolute atomic E-state index is 13.1. The summed E-state index contributed by atoms with van der Waals surface area (Å²) >= 11 is 3.06. The van der Waals surface area contributed by atoms with Gasteiger partial charge in [-0.05, 0) is 50.4 Å². The third kappa shape index (κ3) is 5.30. The van der Waals surface area contributed by atoms with Gasteiger partial charge in [-0.2, -0.15) is 5.48 Å². The van der Waals surface area contributed by atoms with Crippen LogP contribution in [0.25, 0.3) is 0 Å². The molecule has 24 heavy (non-hydrogen) atoms. The van der Waals surface area contributed by atoms with Crippen LogP contribution >= 0.6 is 15.9 Å². The standard InChI is InChI=1S/C14H15BrFN5O3/c1-8(2)5-13(22)18-14-12(20-24-21-14)7-17-23-19-9-3-4-11(16)10(15)6-9/h3-4,6-8,19H,5H2,1-2H3,(H,18,21,22)/b17-7+. The molecule has 1 aromatic carbocycles. The van der Waals surface area contributed by atoms with Gasteiger partial charge in [-0.3, -0.25) is 9.73 Å². The van der Waals surface area contributed by atoms with Crippen molar-refractivity contribution in [3.63, 3.8) is 0 Å². The summed E-state index contributed by atoms with van der Waals surface area (Å²) in [5, 5.41) is 13.4. The van der Waals surface area contributed by atoms with Crippen molar-refractivity contribution in [3.05, 3.63) is 34.2 Å². The van der Waals surface area contributed by atoms with E-state index in [1.54, 1.807) is 0 Å². The first-order valence-corrected chi connectivity index (χ1v) is 7.78. The minimum atomic E-state index is -0.389. The lowest BCUT2D eigenvalue weighted by molar-refractivity contribution is -0.116. The van der Waals surface area contributed by atoms with Crippen LogP contribution in [-0.4, -0.2) is 22.4 Å². The summed E-state index contributed by atoms with van der Waals surface area (Å²) < 4.78 is 17.9. The van der Waals surface area contributed by atoms with E-state index in [1.807, 2.05) is 13.8 Å². The Morgan fingerprint density at radius 1 is 1.50 bits per heavy atom. The van der Waals surface area contributed by atoms with Crippen molar-refractivity contribution in [1.29, 1.82) is 0 Å². The van der Waals surface area contributed by atoms with Gasteiger partial charge in [0.25, 0.3) is 0 Å². The molecule has 0 atom stereocenters. The summed E-state index contributed by atoms with van der Waals surface area (Å²) in [6, 6.07) is 4.23. The van der Waals surface area contributed by atoms with Crippen LogP contribution in [0.1, 0.15) is 26.0 Å². The summed E-state index contributed by atoms with van der Waals surface area (Å²) in [6.45, 7) is 3.85. The molecule has 2 aromatic rings. The van der Waals surface area contributed by atoms with Crippen molar-refractivity contribution in [2.24, 2.45) is 11.1 Å². The third-order valence-corrected chi connectivity index (χ3v) is 3.28. The predicted octanol–water partition coefficient (Wildman–Crippen LogP) is 3.33. The van der Waals surface area contributed by atoms with Gasteiger partial charge in [-0.25, -0.2) is 9.02 Å². The normalized spacial score (nSPS) is 11.0. The molecule has 10 heteroatoms. The Bertz CT molecular complexity index is 735. The van der Waals surface area contributed by atoms with Crippen LogP contribution < -0.4 is 10.8 Å². The lowest BCUT2D eigenvalue weighted by Crippen LogP contribution is -2.15. The van der Waals surface area contributed by atoms with E-state index < -0.39 is 0 Å². The van der Waals surface area contributed by atoms with Crippen molar-refractivity contribution >= 4 is 39.6 Å². The predicted molar refractivity (Wildman–Crippen MR) is 88.8 cm³/mol. The monoisotopic (exact) mass is 399 g/mol. The molecular formula is C14H15BrFN5O3. The molecule has 0 saturated carbocycles. The van der Waals surface area contributed by atoms with Crippen LogP contribution in [-0.2, 0) is 9.73 Å². The number of nitrogens with one attached hydrogen (secondary N) is 2. The second-order valence-corrected chi connectivity index (χ2v) is 6.06. The van der Waals surface area contributed by atoms with Crippen molar-refractivity contribution in [2.75, 3.05) is 10.8 Å². The highest BCUT2D eigenvalue weighted by atomic mass is 79.9. The van der Waals surface area contributed by atoms with Crippen LogP contribution in [0.5, 0.6) is 0 Å². The highest BCUT2D eigenvalue weighted by molar-refractivity contribution is 9.10. The van der Waals surface area contributed by atoms with Crippen LogP contribution in [0.2, 0.25) is 0 Å². The van der Waals surface area contributed by atoms with Crippen molar-refractivity contribution < 1.29 is 18.8 Å². The van der Waals surface area contributed by atoms with Crippen LogP contribution in [0.3, 0.4) is 0 Å². The fourth-order valence-corrected chi connectivity index (χ4v) is 2.01. The van der Waals surface area contributed by atoms with Crippen LogP contribution in [0.4, 0.5) is 15.9 Å². The number of carbonyl (C=O) groups excluding carboxylic acids is 1. The first-order valence-electron chi connectivity index (χ1n) is 6.98. The smallest absolute Gasteiger partial charge is 0.225 e. The molecule has 0 aliphatic rings. The van der Waals surface area contributed by atoms with Crippen molar-refractivity contribution in [2.45, 2.75) is 20.3 Å². The van der Waals surface area contributed by atoms with E-state index >= 15 is 0 Å². The number of carbonyl (C=O) groups is 1. The van der Waals surface area contributed by atoms with Gasteiger partial charge in [0, 0.05) is 6.42 Å². The summed E-state index contributed by atoms with van der Waals surface area (Å²) in [4.78, 5) is 16.6. The number of amides is 1. The van der Waals surface area contributed by atoms with Crippen LogP contribution in [0.15, 0.2) is 32.5 Å². The lowest BCUT2D eigenvalue weighted by atomic mass is 10.1. The van der Waals surface area contributed by atoms with Gasteiger partial charge in [0.1, 0.15) is 12.0 Å². The number of halogens is 2. The van der Waals surface area contributed by atoms with E-state index in [0.717, 1.165) is 0 Å². The quantitative estimate of drug-likeness (QED) is 0.546. The van der Waals surface area contributed by atoms with Crippen molar-refractivity contribution in [1.82, 2.24) is 10.3 Å². The fraction of sp³-hybridized carbons (Fsp3) is 0.286. The first-order chi connectivity index (χ1) is 11.5. The average Bonchev–Trinajstić information content (AvgIpc) is 2.93. The van der Waals surface area contributed by atoms with Gasteiger partial charge in [-0.1, -0.05) is 19.0 Å². The number of benzene rings is 1. The van der Waals surface area contributed by atoms with E-state index in [9.17, 15) is 9.18 Å². The topological polar surface area (TPSA) is 102 Å². The third-order valence-electron chi connectivity index (χ3n) is 2.68. The summed E-state index contributed by atoms with van der Waals surface area (Å²) in [6.07, 6.45) is 1.56. The van der Waals surface area contributed by atoms with E-state index in [-0.39, 0.29) is 33.6 Å². The zero-order chi connectivity index (χ0) is 17.5. The molecule has 0 unspecified atom stereocenters. The SMILES string of the molecule is CC(C)CC(=O)Nc1nonc1/C=N/ONc1ccc(F)c(Br)c1. The van der Waals surface area contributed by atoms with Gasteiger partial charge in [0.15, 0.2) is 5.69 Å². The molecular weight excluding hydrogens is 385 g/mol. The molecule has 2 rings (SSSR count). The zero-order valence-corrected chi connectivity index (χ0v) is 14.5. The number of nitrogens with zero attached hydrogens (tertiary/aromatic N) is 3. The number of aromatic nitrogens is 2. The van der Waals surface area contributed by atoms with Gasteiger partial charge in [-0.15, -0.1) is 0 Å². The van der Waals surface area contributed by atoms with Gasteiger partial charge >= 0.3 is 0 Å². The Morgan fingerprint density at radius 3 is 3.00 bits per heavy atom. The molecule has 0 fully saturated rings. The largest absolute Gasteiger partial charge is 0.306 e. The average molecular weight is 400 g/mol. The Kier molecular flexibility index (Phi) is 6.24. The van der Waals surface area contributed by atoms with Gasteiger partial charge in [0.05, 0.1) is 10.2 Å². The summed E-state index contributed by atoms with van der Waals surface area (Å²) in [7, 11) is 0. The summed E-state index contributed by atoms with van der Waals surface area (Å²) in [5.41, 5.74) is 3.19.